The average Bonchev–Trinajstić information content (AvgIpc) is 3.24. The maximum absolute atomic E-state index is 13.0. The summed E-state index contributed by atoms with van der Waals surface area (Å²) >= 11 is 0. The predicted molar refractivity (Wildman–Crippen MR) is 148 cm³/mol. The fourth-order valence-electron chi connectivity index (χ4n) is 4.68. The minimum Gasteiger partial charge on any atom is -0.466 e. The maximum Gasteiger partial charge on any atom is 0.308 e. The van der Waals surface area contributed by atoms with Gasteiger partial charge in [0.15, 0.2) is 0 Å². The zero-order valence-electron chi connectivity index (χ0n) is 22.0. The highest BCUT2D eigenvalue weighted by Crippen LogP contribution is 2.27. The summed E-state index contributed by atoms with van der Waals surface area (Å²) in [6.45, 7) is 5.54. The molecule has 0 aliphatic heterocycles. The quantitative estimate of drug-likeness (QED) is 0.251. The number of benzene rings is 3. The van der Waals surface area contributed by atoms with E-state index in [0.717, 1.165) is 35.0 Å². The zero-order valence-corrected chi connectivity index (χ0v) is 22.0. The number of carbonyl (C=O) groups is 2. The van der Waals surface area contributed by atoms with E-state index in [1.54, 1.807) is 0 Å². The van der Waals surface area contributed by atoms with Gasteiger partial charge in [0, 0.05) is 37.2 Å². The Hall–Kier alpha value is -3.86. The van der Waals surface area contributed by atoms with E-state index < -0.39 is 0 Å². The molecular weight excluding hydrogens is 460 g/mol. The number of rotatable bonds is 11. The Morgan fingerprint density at radius 1 is 0.919 bits per heavy atom. The van der Waals surface area contributed by atoms with E-state index >= 15 is 0 Å². The molecule has 0 spiro atoms. The van der Waals surface area contributed by atoms with Crippen molar-refractivity contribution in [2.75, 3.05) is 20.2 Å². The molecule has 4 rings (SSSR count). The number of hydrogen-bond donors (Lipinski definition) is 0. The van der Waals surface area contributed by atoms with Crippen molar-refractivity contribution >= 4 is 22.8 Å². The lowest BCUT2D eigenvalue weighted by atomic mass is 9.99. The van der Waals surface area contributed by atoms with Crippen molar-refractivity contribution in [1.82, 2.24) is 9.47 Å². The van der Waals surface area contributed by atoms with Crippen molar-refractivity contribution in [3.8, 4) is 0 Å². The lowest BCUT2D eigenvalue weighted by Crippen LogP contribution is -2.30. The van der Waals surface area contributed by atoms with Gasteiger partial charge >= 0.3 is 5.97 Å². The molecule has 0 aliphatic rings. The summed E-state index contributed by atoms with van der Waals surface area (Å²) in [5.41, 5.74) is 5.61. The van der Waals surface area contributed by atoms with Gasteiger partial charge in [0.2, 0.25) is 5.91 Å². The summed E-state index contributed by atoms with van der Waals surface area (Å²) in [5.74, 6) is -0.330. The van der Waals surface area contributed by atoms with Gasteiger partial charge in [-0.15, -0.1) is 0 Å². The van der Waals surface area contributed by atoms with Crippen LogP contribution < -0.4 is 0 Å². The Kier molecular flexibility index (Phi) is 8.78. The summed E-state index contributed by atoms with van der Waals surface area (Å²) < 4.78 is 7.48. The molecule has 0 saturated heterocycles. The highest BCUT2D eigenvalue weighted by atomic mass is 16.5. The smallest absolute Gasteiger partial charge is 0.308 e. The number of amides is 1. The van der Waals surface area contributed by atoms with Crippen LogP contribution in [0.5, 0.6) is 0 Å². The zero-order chi connectivity index (χ0) is 26.2. The highest BCUT2D eigenvalue weighted by molar-refractivity contribution is 5.87. The second-order valence-electron chi connectivity index (χ2n) is 9.70. The second-order valence-corrected chi connectivity index (χ2v) is 9.70. The molecule has 1 amide bonds. The largest absolute Gasteiger partial charge is 0.466 e. The molecule has 1 atom stereocenters. The van der Waals surface area contributed by atoms with Crippen molar-refractivity contribution in [2.24, 2.45) is 5.92 Å². The number of aromatic nitrogens is 1. The van der Waals surface area contributed by atoms with E-state index in [9.17, 15) is 9.59 Å². The Balaban J connectivity index is 1.55. The van der Waals surface area contributed by atoms with Crippen molar-refractivity contribution in [3.05, 3.63) is 107 Å². The third-order valence-electron chi connectivity index (χ3n) is 6.80. The molecule has 0 bridgehead atoms. The first-order valence-electron chi connectivity index (χ1n) is 13.0. The van der Waals surface area contributed by atoms with Gasteiger partial charge in [-0.25, -0.2) is 0 Å². The average molecular weight is 497 g/mol. The van der Waals surface area contributed by atoms with Crippen LogP contribution in [0.25, 0.3) is 10.9 Å². The van der Waals surface area contributed by atoms with E-state index in [1.807, 2.05) is 68.3 Å². The normalized spacial score (nSPS) is 11.9. The third-order valence-corrected chi connectivity index (χ3v) is 6.80. The van der Waals surface area contributed by atoms with Crippen LogP contribution in [0, 0.1) is 5.92 Å². The SMILES string of the molecule is CCOC(=O)C(C)Cc1cn(Cc2ccccc2)c2ccc(CC(=O)N(C)CCc3ccccc3)cc12. The maximum atomic E-state index is 13.0. The van der Waals surface area contributed by atoms with E-state index in [4.69, 9.17) is 4.74 Å². The monoisotopic (exact) mass is 496 g/mol. The Morgan fingerprint density at radius 3 is 2.27 bits per heavy atom. The molecule has 1 unspecified atom stereocenters. The molecule has 0 N–H and O–H groups in total. The molecule has 1 aromatic heterocycles. The highest BCUT2D eigenvalue weighted by Gasteiger charge is 2.19. The van der Waals surface area contributed by atoms with Gasteiger partial charge in [0.1, 0.15) is 0 Å². The predicted octanol–water partition coefficient (Wildman–Crippen LogP) is 5.67. The van der Waals surface area contributed by atoms with E-state index in [-0.39, 0.29) is 17.8 Å². The fourth-order valence-corrected chi connectivity index (χ4v) is 4.68. The molecule has 1 heterocycles. The van der Waals surface area contributed by atoms with Gasteiger partial charge in [-0.3, -0.25) is 9.59 Å². The van der Waals surface area contributed by atoms with Crippen LogP contribution in [0.4, 0.5) is 0 Å². The molecule has 5 heteroatoms. The summed E-state index contributed by atoms with van der Waals surface area (Å²) in [7, 11) is 1.87. The number of esters is 1. The van der Waals surface area contributed by atoms with Crippen molar-refractivity contribution in [3.63, 3.8) is 0 Å². The van der Waals surface area contributed by atoms with Crippen LogP contribution in [0.1, 0.15) is 36.1 Å². The molecule has 0 aliphatic carbocycles. The number of carbonyl (C=O) groups excluding carboxylic acids is 2. The Bertz CT molecular complexity index is 1330. The first kappa shape index (κ1) is 26.2. The van der Waals surface area contributed by atoms with Crippen LogP contribution in [-0.4, -0.2) is 41.5 Å². The van der Waals surface area contributed by atoms with Gasteiger partial charge in [0.05, 0.1) is 18.9 Å². The van der Waals surface area contributed by atoms with E-state index in [2.05, 4.69) is 47.2 Å². The molecular formula is C32H36N2O3. The Morgan fingerprint density at radius 2 is 1.59 bits per heavy atom. The van der Waals surface area contributed by atoms with Gasteiger partial charge < -0.3 is 14.2 Å². The summed E-state index contributed by atoms with van der Waals surface area (Å²) in [5, 5.41) is 1.09. The van der Waals surface area contributed by atoms with Crippen LogP contribution >= 0.6 is 0 Å². The molecule has 0 radical (unpaired) electrons. The van der Waals surface area contributed by atoms with Crippen LogP contribution in [0.2, 0.25) is 0 Å². The first-order valence-corrected chi connectivity index (χ1v) is 13.0. The second kappa shape index (κ2) is 12.4. The minimum atomic E-state index is -0.245. The molecule has 37 heavy (non-hydrogen) atoms. The molecule has 5 nitrogen and oxygen atoms in total. The van der Waals surface area contributed by atoms with Gasteiger partial charge in [0.25, 0.3) is 0 Å². The van der Waals surface area contributed by atoms with E-state index in [1.165, 1.54) is 11.1 Å². The third kappa shape index (κ3) is 6.88. The number of likely N-dealkylation sites (N-methyl/N-ethyl adjacent to an activating group) is 1. The van der Waals surface area contributed by atoms with Crippen LogP contribution in [0.15, 0.2) is 85.1 Å². The molecule has 192 valence electrons. The number of nitrogens with zero attached hydrogens (tertiary/aromatic N) is 2. The lowest BCUT2D eigenvalue weighted by Gasteiger charge is -2.17. The molecule has 0 fully saturated rings. The van der Waals surface area contributed by atoms with Crippen molar-refractivity contribution in [2.45, 2.75) is 39.7 Å². The molecule has 0 saturated carbocycles. The number of ether oxygens (including phenoxy) is 1. The fraction of sp³-hybridized carbons (Fsp3) is 0.312. The van der Waals surface area contributed by atoms with Crippen LogP contribution in [0.3, 0.4) is 0 Å². The van der Waals surface area contributed by atoms with Crippen molar-refractivity contribution in [1.29, 1.82) is 0 Å². The van der Waals surface area contributed by atoms with Crippen LogP contribution in [-0.2, 0) is 40.1 Å². The van der Waals surface area contributed by atoms with Gasteiger partial charge in [-0.05, 0) is 54.2 Å². The number of fused-ring (bicyclic) bond motifs is 1. The topological polar surface area (TPSA) is 51.5 Å². The van der Waals surface area contributed by atoms with Crippen molar-refractivity contribution < 1.29 is 14.3 Å². The first-order chi connectivity index (χ1) is 17.9. The standard InChI is InChI=1S/C32H36N2O3/c1-4-37-32(36)24(2)19-28-23-34(22-26-13-9-6-10-14-26)30-16-15-27(20-29(28)30)21-31(35)33(3)18-17-25-11-7-5-8-12-25/h5-16,20,23-24H,4,17-19,21-22H2,1-3H3. The molecule has 3 aromatic carbocycles. The van der Waals surface area contributed by atoms with E-state index in [0.29, 0.717) is 26.0 Å². The lowest BCUT2D eigenvalue weighted by molar-refractivity contribution is -0.147. The summed E-state index contributed by atoms with van der Waals surface area (Å²) in [4.78, 5) is 27.2. The van der Waals surface area contributed by atoms with Gasteiger partial charge in [-0.1, -0.05) is 73.7 Å². The summed E-state index contributed by atoms with van der Waals surface area (Å²) in [6.07, 6.45) is 3.91. The summed E-state index contributed by atoms with van der Waals surface area (Å²) in [6, 6.07) is 26.8. The van der Waals surface area contributed by atoms with Gasteiger partial charge in [-0.2, -0.15) is 0 Å². The minimum absolute atomic E-state index is 0.0976. The number of hydrogen-bond acceptors (Lipinski definition) is 3. The molecule has 4 aromatic rings. The Labute approximate surface area is 219 Å².